The van der Waals surface area contributed by atoms with Crippen LogP contribution in [0.15, 0.2) is 47.4 Å². The summed E-state index contributed by atoms with van der Waals surface area (Å²) in [6, 6.07) is 13.8. The van der Waals surface area contributed by atoms with Gasteiger partial charge in [0, 0.05) is 13.1 Å². The lowest BCUT2D eigenvalue weighted by Gasteiger charge is -2.31. The molecule has 0 N–H and O–H groups in total. The molecule has 0 atom stereocenters. The molecular weight excluding hydrogens is 346 g/mol. The summed E-state index contributed by atoms with van der Waals surface area (Å²) in [4.78, 5) is 0.450. The van der Waals surface area contributed by atoms with E-state index in [1.54, 1.807) is 17.5 Å². The van der Waals surface area contributed by atoms with Crippen LogP contribution in [-0.2, 0) is 16.4 Å². The van der Waals surface area contributed by atoms with Crippen molar-refractivity contribution in [2.75, 3.05) is 20.2 Å². The zero-order valence-electron chi connectivity index (χ0n) is 15.7. The quantitative estimate of drug-likeness (QED) is 0.797. The Labute approximate surface area is 156 Å². The van der Waals surface area contributed by atoms with E-state index in [0.29, 0.717) is 23.9 Å². The molecule has 0 aliphatic carbocycles. The van der Waals surface area contributed by atoms with Gasteiger partial charge in [0.05, 0.1) is 12.0 Å². The maximum Gasteiger partial charge on any atom is 0.243 e. The van der Waals surface area contributed by atoms with Crippen LogP contribution in [0.3, 0.4) is 0 Å². The first-order valence-corrected chi connectivity index (χ1v) is 10.5. The minimum atomic E-state index is -3.40. The molecule has 3 rings (SSSR count). The van der Waals surface area contributed by atoms with Gasteiger partial charge in [0.25, 0.3) is 0 Å². The molecule has 1 aliphatic rings. The molecule has 2 aromatic carbocycles. The molecule has 5 heteroatoms. The molecule has 0 saturated carbocycles. The molecule has 0 aromatic heterocycles. The average Bonchev–Trinajstić information content (AvgIpc) is 2.65. The summed E-state index contributed by atoms with van der Waals surface area (Å²) in [5.41, 5.74) is 3.07. The van der Waals surface area contributed by atoms with Crippen molar-refractivity contribution >= 4 is 10.0 Å². The van der Waals surface area contributed by atoms with Gasteiger partial charge in [-0.3, -0.25) is 0 Å². The van der Waals surface area contributed by atoms with E-state index < -0.39 is 10.0 Å². The molecular formula is C21H27NO3S. The van der Waals surface area contributed by atoms with Crippen LogP contribution in [0.25, 0.3) is 0 Å². The molecule has 1 saturated heterocycles. The number of hydrogen-bond donors (Lipinski definition) is 0. The first-order chi connectivity index (χ1) is 12.4. The van der Waals surface area contributed by atoms with E-state index in [9.17, 15) is 8.42 Å². The number of aryl methyl sites for hydroxylation is 2. The molecule has 0 unspecified atom stereocenters. The number of sulfonamides is 1. The van der Waals surface area contributed by atoms with Gasteiger partial charge in [0.2, 0.25) is 10.0 Å². The van der Waals surface area contributed by atoms with E-state index in [1.165, 1.54) is 5.56 Å². The van der Waals surface area contributed by atoms with Gasteiger partial charge in [-0.2, -0.15) is 4.31 Å². The molecule has 0 bridgehead atoms. The van der Waals surface area contributed by atoms with Gasteiger partial charge in [-0.25, -0.2) is 8.42 Å². The topological polar surface area (TPSA) is 46.6 Å². The number of hydrogen-bond acceptors (Lipinski definition) is 3. The predicted molar refractivity (Wildman–Crippen MR) is 104 cm³/mol. The van der Waals surface area contributed by atoms with Crippen LogP contribution in [0.2, 0.25) is 0 Å². The van der Waals surface area contributed by atoms with Crippen molar-refractivity contribution in [2.24, 2.45) is 5.92 Å². The van der Waals surface area contributed by atoms with Gasteiger partial charge < -0.3 is 4.74 Å². The third kappa shape index (κ3) is 4.10. The second-order valence-corrected chi connectivity index (χ2v) is 9.07. The minimum Gasteiger partial charge on any atom is -0.497 e. The summed E-state index contributed by atoms with van der Waals surface area (Å²) in [7, 11) is -1.74. The van der Waals surface area contributed by atoms with Crippen LogP contribution in [0.4, 0.5) is 0 Å². The van der Waals surface area contributed by atoms with Gasteiger partial charge in [-0.15, -0.1) is 0 Å². The van der Waals surface area contributed by atoms with Crippen molar-refractivity contribution in [3.8, 4) is 5.75 Å². The van der Waals surface area contributed by atoms with Gasteiger partial charge in [-0.1, -0.05) is 24.3 Å². The zero-order chi connectivity index (χ0) is 18.7. The van der Waals surface area contributed by atoms with Crippen molar-refractivity contribution in [1.82, 2.24) is 4.31 Å². The Morgan fingerprint density at radius 1 is 1.04 bits per heavy atom. The van der Waals surface area contributed by atoms with Crippen LogP contribution in [0, 0.1) is 19.8 Å². The number of rotatable bonds is 5. The van der Waals surface area contributed by atoms with Crippen molar-refractivity contribution in [3.63, 3.8) is 0 Å². The fourth-order valence-corrected chi connectivity index (χ4v) is 5.35. The van der Waals surface area contributed by atoms with Crippen LogP contribution in [0.1, 0.15) is 29.5 Å². The summed E-state index contributed by atoms with van der Waals surface area (Å²) in [5.74, 6) is 1.39. The largest absolute Gasteiger partial charge is 0.497 e. The Hall–Kier alpha value is -1.85. The number of ether oxygens (including phenoxy) is 1. The minimum absolute atomic E-state index is 0.450. The Kier molecular flexibility index (Phi) is 5.68. The molecule has 2 aromatic rings. The van der Waals surface area contributed by atoms with Crippen molar-refractivity contribution in [2.45, 2.75) is 38.0 Å². The average molecular weight is 374 g/mol. The molecule has 1 heterocycles. The van der Waals surface area contributed by atoms with E-state index in [1.807, 2.05) is 38.1 Å². The van der Waals surface area contributed by atoms with E-state index in [0.717, 1.165) is 36.1 Å². The monoisotopic (exact) mass is 373 g/mol. The van der Waals surface area contributed by atoms with E-state index >= 15 is 0 Å². The molecule has 0 amide bonds. The second-order valence-electron chi connectivity index (χ2n) is 7.17. The molecule has 0 radical (unpaired) electrons. The lowest BCUT2D eigenvalue weighted by Crippen LogP contribution is -2.39. The molecule has 1 fully saturated rings. The number of benzene rings is 2. The number of piperidine rings is 1. The van der Waals surface area contributed by atoms with Crippen LogP contribution >= 0.6 is 0 Å². The highest BCUT2D eigenvalue weighted by molar-refractivity contribution is 7.89. The number of methoxy groups -OCH3 is 1. The Balaban J connectivity index is 1.64. The van der Waals surface area contributed by atoms with Gasteiger partial charge in [0.15, 0.2) is 0 Å². The first-order valence-electron chi connectivity index (χ1n) is 9.10. The lowest BCUT2D eigenvalue weighted by molar-refractivity contribution is 0.272. The van der Waals surface area contributed by atoms with Crippen LogP contribution < -0.4 is 4.74 Å². The third-order valence-corrected chi connectivity index (χ3v) is 7.26. The molecule has 140 valence electrons. The van der Waals surface area contributed by atoms with Gasteiger partial charge in [-0.05, 0) is 73.9 Å². The fourth-order valence-electron chi connectivity index (χ4n) is 3.57. The highest BCUT2D eigenvalue weighted by atomic mass is 32.2. The Bertz CT molecular complexity index is 851. The normalized spacial score (nSPS) is 16.6. The van der Waals surface area contributed by atoms with Crippen molar-refractivity contribution < 1.29 is 13.2 Å². The fraction of sp³-hybridized carbons (Fsp3) is 0.429. The highest BCUT2D eigenvalue weighted by Gasteiger charge is 2.30. The summed E-state index contributed by atoms with van der Waals surface area (Å²) in [5, 5.41) is 0. The summed E-state index contributed by atoms with van der Waals surface area (Å²) >= 11 is 0. The van der Waals surface area contributed by atoms with Gasteiger partial charge >= 0.3 is 0 Å². The Morgan fingerprint density at radius 2 is 1.69 bits per heavy atom. The Morgan fingerprint density at radius 3 is 2.31 bits per heavy atom. The lowest BCUT2D eigenvalue weighted by atomic mass is 9.91. The van der Waals surface area contributed by atoms with E-state index in [4.69, 9.17) is 4.74 Å². The van der Waals surface area contributed by atoms with Crippen molar-refractivity contribution in [1.29, 1.82) is 0 Å². The van der Waals surface area contributed by atoms with Gasteiger partial charge in [0.1, 0.15) is 5.75 Å². The van der Waals surface area contributed by atoms with Crippen LogP contribution in [0.5, 0.6) is 5.75 Å². The third-order valence-electron chi connectivity index (χ3n) is 5.22. The molecule has 4 nitrogen and oxygen atoms in total. The summed E-state index contributed by atoms with van der Waals surface area (Å²) in [6.45, 7) is 4.98. The number of nitrogens with zero attached hydrogens (tertiary/aromatic N) is 1. The molecule has 0 spiro atoms. The maximum atomic E-state index is 13.0. The summed E-state index contributed by atoms with van der Waals surface area (Å²) < 4.78 is 32.9. The highest BCUT2D eigenvalue weighted by Crippen LogP contribution is 2.28. The predicted octanol–water partition coefficient (Wildman–Crippen LogP) is 3.96. The van der Waals surface area contributed by atoms with Crippen molar-refractivity contribution in [3.05, 3.63) is 59.2 Å². The summed E-state index contributed by atoms with van der Waals surface area (Å²) in [6.07, 6.45) is 2.79. The van der Waals surface area contributed by atoms with E-state index in [2.05, 4.69) is 12.1 Å². The standard InChI is InChI=1S/C21H27NO3S/c1-16-4-5-17(2)21(14-16)26(23,24)22-12-10-19(11-13-22)15-18-6-8-20(25-3)9-7-18/h4-9,14,19H,10-13,15H2,1-3H3. The second kappa shape index (κ2) is 7.80. The zero-order valence-corrected chi connectivity index (χ0v) is 16.6. The SMILES string of the molecule is COc1ccc(CC2CCN(S(=O)(=O)c3cc(C)ccc3C)CC2)cc1. The maximum absolute atomic E-state index is 13.0. The molecule has 26 heavy (non-hydrogen) atoms. The van der Waals surface area contributed by atoms with E-state index in [-0.39, 0.29) is 0 Å². The smallest absolute Gasteiger partial charge is 0.243 e. The first kappa shape index (κ1) is 18.9. The molecule has 1 aliphatic heterocycles. The van der Waals surface area contributed by atoms with Crippen LogP contribution in [-0.4, -0.2) is 32.9 Å².